The number of aliphatic hydroxyl groups is 4. The Morgan fingerprint density at radius 1 is 1.08 bits per heavy atom. The highest BCUT2D eigenvalue weighted by Gasteiger charge is 2.66. The number of rotatable bonds is 5. The van der Waals surface area contributed by atoms with E-state index in [0.29, 0.717) is 11.4 Å². The molecular formula is C32H35N5O11S. The first kappa shape index (κ1) is 35.1. The lowest BCUT2D eigenvalue weighted by Gasteiger charge is -2.53. The van der Waals surface area contributed by atoms with E-state index in [2.05, 4.69) is 9.88 Å². The Morgan fingerprint density at radius 2 is 1.71 bits per heavy atom. The van der Waals surface area contributed by atoms with Crippen molar-refractivity contribution in [2.24, 2.45) is 17.6 Å². The molecule has 1 fully saturated rings. The van der Waals surface area contributed by atoms with Crippen LogP contribution in [0, 0.1) is 18.8 Å². The van der Waals surface area contributed by atoms with Crippen LogP contribution in [-0.4, -0.2) is 87.2 Å². The number of anilines is 2. The molecule has 1 saturated carbocycles. The Kier molecular flexibility index (Phi) is 8.61. The van der Waals surface area contributed by atoms with E-state index >= 15 is 0 Å². The molecule has 3 aliphatic carbocycles. The van der Waals surface area contributed by atoms with E-state index in [-0.39, 0.29) is 28.3 Å². The van der Waals surface area contributed by atoms with Gasteiger partial charge in [0.1, 0.15) is 28.6 Å². The zero-order valence-electron chi connectivity index (χ0n) is 26.7. The first-order chi connectivity index (χ1) is 22.7. The Balaban J connectivity index is 0.000000232. The highest BCUT2D eigenvalue weighted by Crippen LogP contribution is 2.57. The van der Waals surface area contributed by atoms with Crippen LogP contribution in [0.5, 0.6) is 5.75 Å². The predicted molar refractivity (Wildman–Crippen MR) is 173 cm³/mol. The molecule has 0 unspecified atom stereocenters. The maximum atomic E-state index is 13.7. The number of fused-ring (bicyclic) bond motifs is 3. The largest absolute Gasteiger partial charge is 0.508 e. The molecule has 16 nitrogen and oxygen atoms in total. The van der Waals surface area contributed by atoms with Crippen molar-refractivity contribution in [2.75, 3.05) is 24.6 Å². The van der Waals surface area contributed by atoms with E-state index in [1.54, 1.807) is 6.92 Å². The maximum Gasteiger partial charge on any atom is 0.263 e. The Labute approximate surface area is 280 Å². The molecule has 6 rings (SSSR count). The van der Waals surface area contributed by atoms with Gasteiger partial charge in [-0.15, -0.1) is 0 Å². The number of benzene rings is 2. The number of nitrogens with one attached hydrogen (secondary N) is 1. The molecule has 1 heterocycles. The number of hydrogen-bond acceptors (Lipinski definition) is 14. The number of primary amides is 1. The van der Waals surface area contributed by atoms with Gasteiger partial charge in [-0.05, 0) is 70.3 Å². The first-order valence-corrected chi connectivity index (χ1v) is 16.2. The van der Waals surface area contributed by atoms with Crippen LogP contribution in [0.1, 0.15) is 30.2 Å². The first-order valence-electron chi connectivity index (χ1n) is 14.8. The standard InChI is InChI=1S/C22H24N2O8.C10H11N3O3S/c1-21(31)8-5-4-6-11(25)12(8)16(26)13-9(21)7-10-15(24(2)3)17(27)14(20(23)30)19(29)22(10,32)18(13)28;1-7-6-10(12-16-7)13-17(14,15)9-4-2-8(11)3-5-9/h4-6,9-10,15,25-26,29,31-32H,7H2,1-3H3,(H2,23,30);2-6H,11H2,1H3,(H,12,13)/t9-,10-,15-,21+,22-;/m0./s1. The number of phenols is 1. The maximum absolute atomic E-state index is 13.7. The highest BCUT2D eigenvalue weighted by molar-refractivity contribution is 7.92. The summed E-state index contributed by atoms with van der Waals surface area (Å²) < 4.78 is 30.8. The number of likely N-dealkylation sites (N-methyl/N-ethyl adjacent to an activating group) is 1. The fraction of sp³-hybridized carbons (Fsp3) is 0.312. The molecule has 0 aliphatic heterocycles. The van der Waals surface area contributed by atoms with Gasteiger partial charge < -0.3 is 41.5 Å². The third kappa shape index (κ3) is 5.59. The molecule has 3 aromatic rings. The number of carbonyl (C=O) groups is 3. The number of nitrogens with zero attached hydrogens (tertiary/aromatic N) is 2. The van der Waals surface area contributed by atoms with Crippen molar-refractivity contribution in [3.63, 3.8) is 0 Å². The quantitative estimate of drug-likeness (QED) is 0.136. The summed E-state index contributed by atoms with van der Waals surface area (Å²) in [6, 6.07) is 10.4. The summed E-state index contributed by atoms with van der Waals surface area (Å²) in [6.45, 7) is 3.08. The Bertz CT molecular complexity index is 2050. The van der Waals surface area contributed by atoms with Crippen LogP contribution in [-0.2, 0) is 30.0 Å². The predicted octanol–water partition coefficient (Wildman–Crippen LogP) is 0.995. The number of aromatic nitrogens is 1. The lowest BCUT2D eigenvalue weighted by Crippen LogP contribution is -2.67. The van der Waals surface area contributed by atoms with Gasteiger partial charge in [0.25, 0.3) is 15.9 Å². The van der Waals surface area contributed by atoms with E-state index < -0.39 is 85.0 Å². The smallest absolute Gasteiger partial charge is 0.263 e. The van der Waals surface area contributed by atoms with E-state index in [1.807, 2.05) is 0 Å². The van der Waals surface area contributed by atoms with Crippen LogP contribution in [0.2, 0.25) is 0 Å². The van der Waals surface area contributed by atoms with E-state index in [0.717, 1.165) is 0 Å². The van der Waals surface area contributed by atoms with Crippen molar-refractivity contribution in [2.45, 2.75) is 42.4 Å². The summed E-state index contributed by atoms with van der Waals surface area (Å²) in [5, 5.41) is 58.4. The van der Waals surface area contributed by atoms with Gasteiger partial charge in [-0.1, -0.05) is 17.3 Å². The summed E-state index contributed by atoms with van der Waals surface area (Å²) in [5.74, 6) is -7.22. The number of aliphatic hydroxyl groups excluding tert-OH is 2. The third-order valence-corrected chi connectivity index (χ3v) is 10.4. The molecule has 49 heavy (non-hydrogen) atoms. The highest BCUT2D eigenvalue weighted by atomic mass is 32.2. The molecular weight excluding hydrogens is 662 g/mol. The summed E-state index contributed by atoms with van der Waals surface area (Å²) >= 11 is 0. The van der Waals surface area contributed by atoms with Crippen molar-refractivity contribution >= 4 is 44.8 Å². The van der Waals surface area contributed by atoms with Gasteiger partial charge in [-0.3, -0.25) is 24.0 Å². The minimum Gasteiger partial charge on any atom is -0.508 e. The van der Waals surface area contributed by atoms with E-state index in [4.69, 9.17) is 16.0 Å². The number of hydrogen-bond donors (Lipinski definition) is 8. The van der Waals surface area contributed by atoms with E-state index in [9.17, 15) is 48.3 Å². The monoisotopic (exact) mass is 697 g/mol. The van der Waals surface area contributed by atoms with Gasteiger partial charge in [-0.2, -0.15) is 0 Å². The SMILES string of the molecule is CN(C)[C@@H]1C(=O)C(C(N)=O)=C(O)[C@@]2(O)C(=O)C3=C(O)c4c(O)cccc4[C@@](C)(O)[C@H]3C[C@@H]12.Cc1cc(NS(=O)(=O)c2ccc(N)cc2)no1. The van der Waals surface area contributed by atoms with Crippen LogP contribution >= 0.6 is 0 Å². The molecule has 3 aliphatic rings. The molecule has 1 amide bonds. The minimum atomic E-state index is -3.64. The average Bonchev–Trinajstić information content (AvgIpc) is 3.41. The van der Waals surface area contributed by atoms with Gasteiger partial charge in [0.2, 0.25) is 5.78 Å². The third-order valence-electron chi connectivity index (χ3n) is 9.08. The molecule has 1 aromatic heterocycles. The second-order valence-corrected chi connectivity index (χ2v) is 14.1. The summed E-state index contributed by atoms with van der Waals surface area (Å²) in [6.07, 6.45) is -0.200. The van der Waals surface area contributed by atoms with Crippen molar-refractivity contribution in [3.05, 3.63) is 82.3 Å². The topological polar surface area (TPSA) is 280 Å². The molecule has 0 saturated heterocycles. The van der Waals surface area contributed by atoms with E-state index in [1.165, 1.54) is 74.4 Å². The fourth-order valence-corrected chi connectivity index (χ4v) is 7.74. The fourth-order valence-electron chi connectivity index (χ4n) is 6.76. The molecule has 0 radical (unpaired) electrons. The molecule has 2 aromatic carbocycles. The number of Topliss-reactive ketones (excluding diaryl/α,β-unsaturated/α-hetero) is 2. The summed E-state index contributed by atoms with van der Waals surface area (Å²) in [5.41, 5.74) is 5.44. The molecule has 17 heteroatoms. The number of ketones is 2. The summed E-state index contributed by atoms with van der Waals surface area (Å²) in [4.78, 5) is 40.1. The van der Waals surface area contributed by atoms with Gasteiger partial charge in [-0.25, -0.2) is 8.42 Å². The van der Waals surface area contributed by atoms with Crippen LogP contribution in [0.3, 0.4) is 0 Å². The van der Waals surface area contributed by atoms with Gasteiger partial charge >= 0.3 is 0 Å². The second-order valence-electron chi connectivity index (χ2n) is 12.5. The number of sulfonamides is 1. The molecule has 0 bridgehead atoms. The van der Waals surface area contributed by atoms with Crippen molar-refractivity contribution in [1.29, 1.82) is 0 Å². The Hall–Kier alpha value is -5.23. The van der Waals surface area contributed by atoms with Crippen LogP contribution in [0.15, 0.2) is 74.9 Å². The van der Waals surface area contributed by atoms with Gasteiger partial charge in [0.05, 0.1) is 22.1 Å². The van der Waals surface area contributed by atoms with Crippen molar-refractivity contribution < 1.29 is 52.9 Å². The Morgan fingerprint density at radius 3 is 2.27 bits per heavy atom. The molecule has 0 spiro atoms. The molecule has 5 atom stereocenters. The van der Waals surface area contributed by atoms with Crippen LogP contribution in [0.4, 0.5) is 11.5 Å². The zero-order chi connectivity index (χ0) is 36.4. The van der Waals surface area contributed by atoms with Gasteiger partial charge in [0, 0.05) is 29.2 Å². The van der Waals surface area contributed by atoms with Crippen LogP contribution in [0.25, 0.3) is 5.76 Å². The van der Waals surface area contributed by atoms with Gasteiger partial charge in [0.15, 0.2) is 17.2 Å². The summed E-state index contributed by atoms with van der Waals surface area (Å²) in [7, 11) is -0.638. The number of nitrogens with two attached hydrogens (primary N) is 2. The lowest BCUT2D eigenvalue weighted by atomic mass is 9.54. The average molecular weight is 698 g/mol. The van der Waals surface area contributed by atoms with Crippen molar-refractivity contribution in [1.82, 2.24) is 10.1 Å². The number of aryl methyl sites for hydroxylation is 1. The van der Waals surface area contributed by atoms with Crippen molar-refractivity contribution in [3.8, 4) is 5.75 Å². The number of carbonyl (C=O) groups excluding carboxylic acids is 3. The number of nitrogen functional groups attached to an aromatic ring is 1. The number of amides is 1. The molecule has 10 N–H and O–H groups in total. The van der Waals surface area contributed by atoms with Crippen LogP contribution < -0.4 is 16.2 Å². The number of aromatic hydroxyl groups is 1. The lowest BCUT2D eigenvalue weighted by molar-refractivity contribution is -0.159. The minimum absolute atomic E-state index is 0.118. The zero-order valence-corrected chi connectivity index (χ0v) is 27.5. The molecule has 260 valence electrons. The number of phenolic OH excluding ortho intramolecular Hbond substituents is 1. The second kappa shape index (κ2) is 12.0. The normalized spacial score (nSPS) is 26.4.